The zero-order chi connectivity index (χ0) is 11.6. The van der Waals surface area contributed by atoms with Gasteiger partial charge < -0.3 is 4.74 Å². The summed E-state index contributed by atoms with van der Waals surface area (Å²) < 4.78 is 42.0. The molecule has 0 aliphatic carbocycles. The maximum absolute atomic E-state index is 11.8. The molecular weight excluding hydrogens is 277 g/mol. The normalized spacial score (nSPS) is 12.1. The summed E-state index contributed by atoms with van der Waals surface area (Å²) in [5, 5.41) is 4.01. The van der Waals surface area contributed by atoms with Crippen molar-refractivity contribution in [2.75, 3.05) is 6.61 Å². The van der Waals surface area contributed by atoms with Crippen LogP contribution in [-0.4, -0.2) is 22.6 Å². The molecule has 0 radical (unpaired) electrons. The van der Waals surface area contributed by atoms with E-state index in [4.69, 9.17) is 0 Å². The van der Waals surface area contributed by atoms with E-state index in [1.54, 1.807) is 13.8 Å². The molecule has 1 heterocycles. The van der Waals surface area contributed by atoms with Gasteiger partial charge in [-0.25, -0.2) is 4.68 Å². The monoisotopic (exact) mass is 286 g/mol. The predicted molar refractivity (Wildman–Crippen MR) is 51.4 cm³/mol. The molecule has 15 heavy (non-hydrogen) atoms. The van der Waals surface area contributed by atoms with E-state index in [1.807, 2.05) is 0 Å². The third-order valence-corrected chi connectivity index (χ3v) is 2.92. The first kappa shape index (κ1) is 12.5. The van der Waals surface area contributed by atoms with Crippen LogP contribution in [0.5, 0.6) is 0 Å². The lowest BCUT2D eigenvalue weighted by atomic mass is 10.4. The number of hydrogen-bond donors (Lipinski definition) is 0. The standard InChI is InChI=1S/C8H10BrF3N2O/c1-5-7(9)6(2)14(13-5)4-15-3-8(10,11)12/h3-4H2,1-2H3. The summed E-state index contributed by atoms with van der Waals surface area (Å²) in [5.41, 5.74) is 1.47. The highest BCUT2D eigenvalue weighted by molar-refractivity contribution is 9.10. The zero-order valence-corrected chi connectivity index (χ0v) is 9.81. The molecular formula is C8H10BrF3N2O. The Morgan fingerprint density at radius 3 is 2.40 bits per heavy atom. The van der Waals surface area contributed by atoms with E-state index in [0.29, 0.717) is 0 Å². The lowest BCUT2D eigenvalue weighted by molar-refractivity contribution is -0.182. The van der Waals surface area contributed by atoms with Crippen molar-refractivity contribution in [3.8, 4) is 0 Å². The molecule has 0 unspecified atom stereocenters. The Labute approximate surface area is 93.3 Å². The molecule has 0 bridgehead atoms. The van der Waals surface area contributed by atoms with Crippen molar-refractivity contribution in [3.05, 3.63) is 15.9 Å². The maximum Gasteiger partial charge on any atom is 0.411 e. The van der Waals surface area contributed by atoms with E-state index in [2.05, 4.69) is 25.8 Å². The van der Waals surface area contributed by atoms with Gasteiger partial charge in [0.1, 0.15) is 13.3 Å². The minimum atomic E-state index is -4.30. The van der Waals surface area contributed by atoms with Crippen LogP contribution in [0.1, 0.15) is 11.4 Å². The molecule has 0 spiro atoms. The number of alkyl halides is 3. The van der Waals surface area contributed by atoms with Gasteiger partial charge in [0.2, 0.25) is 0 Å². The molecule has 0 N–H and O–H groups in total. The molecule has 1 rings (SSSR count). The second-order valence-electron chi connectivity index (χ2n) is 3.08. The molecule has 0 saturated heterocycles. The Hall–Kier alpha value is -0.560. The number of ether oxygens (including phenoxy) is 1. The van der Waals surface area contributed by atoms with Crippen LogP contribution in [-0.2, 0) is 11.5 Å². The smallest absolute Gasteiger partial charge is 0.350 e. The molecule has 3 nitrogen and oxygen atoms in total. The van der Waals surface area contributed by atoms with E-state index < -0.39 is 12.8 Å². The highest BCUT2D eigenvalue weighted by Gasteiger charge is 2.27. The van der Waals surface area contributed by atoms with E-state index in [9.17, 15) is 13.2 Å². The molecule has 0 amide bonds. The molecule has 0 aliphatic heterocycles. The van der Waals surface area contributed by atoms with Crippen LogP contribution in [0.2, 0.25) is 0 Å². The maximum atomic E-state index is 11.8. The molecule has 86 valence electrons. The predicted octanol–water partition coefficient (Wildman–Crippen LogP) is 2.80. The van der Waals surface area contributed by atoms with Gasteiger partial charge in [0.15, 0.2) is 0 Å². The molecule has 1 aromatic heterocycles. The van der Waals surface area contributed by atoms with Crippen molar-refractivity contribution in [3.63, 3.8) is 0 Å². The van der Waals surface area contributed by atoms with Crippen molar-refractivity contribution in [1.29, 1.82) is 0 Å². The van der Waals surface area contributed by atoms with Gasteiger partial charge in [-0.1, -0.05) is 0 Å². The van der Waals surface area contributed by atoms with E-state index in [-0.39, 0.29) is 6.73 Å². The van der Waals surface area contributed by atoms with Crippen LogP contribution in [0, 0.1) is 13.8 Å². The molecule has 0 fully saturated rings. The van der Waals surface area contributed by atoms with Gasteiger partial charge in [0.05, 0.1) is 15.9 Å². The first-order valence-electron chi connectivity index (χ1n) is 4.15. The van der Waals surface area contributed by atoms with Gasteiger partial charge in [0.25, 0.3) is 0 Å². The summed E-state index contributed by atoms with van der Waals surface area (Å²) in [6, 6.07) is 0. The number of nitrogens with zero attached hydrogens (tertiary/aromatic N) is 2. The topological polar surface area (TPSA) is 27.1 Å². The third-order valence-electron chi connectivity index (χ3n) is 1.77. The van der Waals surface area contributed by atoms with Crippen LogP contribution >= 0.6 is 15.9 Å². The number of aryl methyl sites for hydroxylation is 1. The van der Waals surface area contributed by atoms with Gasteiger partial charge in [-0.15, -0.1) is 0 Å². The van der Waals surface area contributed by atoms with E-state index >= 15 is 0 Å². The van der Waals surface area contributed by atoms with Crippen molar-refractivity contribution < 1.29 is 17.9 Å². The Bertz CT molecular complexity index is 348. The molecule has 0 aromatic carbocycles. The minimum absolute atomic E-state index is 0.197. The first-order chi connectivity index (χ1) is 6.81. The van der Waals surface area contributed by atoms with Gasteiger partial charge in [-0.3, -0.25) is 0 Å². The van der Waals surface area contributed by atoms with E-state index in [0.717, 1.165) is 15.9 Å². The second kappa shape index (κ2) is 4.52. The largest absolute Gasteiger partial charge is 0.411 e. The van der Waals surface area contributed by atoms with Gasteiger partial charge >= 0.3 is 6.18 Å². The summed E-state index contributed by atoms with van der Waals surface area (Å²) in [4.78, 5) is 0. The average molecular weight is 287 g/mol. The first-order valence-corrected chi connectivity index (χ1v) is 4.94. The Morgan fingerprint density at radius 2 is 2.00 bits per heavy atom. The highest BCUT2D eigenvalue weighted by atomic mass is 79.9. The molecule has 0 atom stereocenters. The Kier molecular flexibility index (Phi) is 3.77. The summed E-state index contributed by atoms with van der Waals surface area (Å²) in [5.74, 6) is 0. The fourth-order valence-corrected chi connectivity index (χ4v) is 1.33. The van der Waals surface area contributed by atoms with Crippen LogP contribution in [0.4, 0.5) is 13.2 Å². The number of hydrogen-bond acceptors (Lipinski definition) is 2. The summed E-state index contributed by atoms with van der Waals surface area (Å²) >= 11 is 3.27. The molecule has 0 aliphatic rings. The lowest BCUT2D eigenvalue weighted by Gasteiger charge is -2.08. The molecule has 1 aromatic rings. The Morgan fingerprint density at radius 1 is 1.40 bits per heavy atom. The zero-order valence-electron chi connectivity index (χ0n) is 8.23. The lowest BCUT2D eigenvalue weighted by Crippen LogP contribution is -2.19. The van der Waals surface area contributed by atoms with Crippen LogP contribution in [0.15, 0.2) is 4.47 Å². The minimum Gasteiger partial charge on any atom is -0.350 e. The fraction of sp³-hybridized carbons (Fsp3) is 0.625. The third kappa shape index (κ3) is 3.49. The highest BCUT2D eigenvalue weighted by Crippen LogP contribution is 2.20. The summed E-state index contributed by atoms with van der Waals surface area (Å²) in [7, 11) is 0. The van der Waals surface area contributed by atoms with E-state index in [1.165, 1.54) is 4.68 Å². The van der Waals surface area contributed by atoms with Crippen molar-refractivity contribution in [1.82, 2.24) is 9.78 Å². The molecule has 0 saturated carbocycles. The van der Waals surface area contributed by atoms with Gasteiger partial charge in [-0.2, -0.15) is 18.3 Å². The number of rotatable bonds is 3. The van der Waals surface area contributed by atoms with Crippen molar-refractivity contribution >= 4 is 15.9 Å². The quantitative estimate of drug-likeness (QED) is 0.854. The number of halogens is 4. The molecule has 7 heteroatoms. The fourth-order valence-electron chi connectivity index (χ4n) is 1.05. The van der Waals surface area contributed by atoms with Crippen LogP contribution in [0.3, 0.4) is 0 Å². The van der Waals surface area contributed by atoms with Crippen molar-refractivity contribution in [2.45, 2.75) is 26.8 Å². The average Bonchev–Trinajstić information content (AvgIpc) is 2.32. The summed E-state index contributed by atoms with van der Waals surface area (Å²) in [6.45, 7) is 2.05. The van der Waals surface area contributed by atoms with Gasteiger partial charge in [-0.05, 0) is 29.8 Å². The second-order valence-corrected chi connectivity index (χ2v) is 3.87. The number of aromatic nitrogens is 2. The van der Waals surface area contributed by atoms with Crippen LogP contribution in [0.25, 0.3) is 0 Å². The van der Waals surface area contributed by atoms with Gasteiger partial charge in [0, 0.05) is 0 Å². The van der Waals surface area contributed by atoms with Crippen molar-refractivity contribution in [2.24, 2.45) is 0 Å². The SMILES string of the molecule is Cc1nn(COCC(F)(F)F)c(C)c1Br. The van der Waals surface area contributed by atoms with Crippen LogP contribution < -0.4 is 0 Å². The summed E-state index contributed by atoms with van der Waals surface area (Å²) in [6.07, 6.45) is -4.30. The Balaban J connectivity index is 2.55.